The largest absolute Gasteiger partial charge is 0.457 e. The summed E-state index contributed by atoms with van der Waals surface area (Å²) in [5, 5.41) is 0. The summed E-state index contributed by atoms with van der Waals surface area (Å²) < 4.78 is 5.86. The summed E-state index contributed by atoms with van der Waals surface area (Å²) in [5.41, 5.74) is 8.90. The van der Waals surface area contributed by atoms with Crippen molar-refractivity contribution < 1.29 is 4.74 Å². The summed E-state index contributed by atoms with van der Waals surface area (Å²) in [7, 11) is 0. The maximum atomic E-state index is 5.86. The van der Waals surface area contributed by atoms with Crippen LogP contribution in [0.1, 0.15) is 23.6 Å². The fourth-order valence-corrected chi connectivity index (χ4v) is 2.01. The highest BCUT2D eigenvalue weighted by atomic mass is 32.1. The molecule has 19 heavy (non-hydrogen) atoms. The lowest BCUT2D eigenvalue weighted by molar-refractivity contribution is 0.481. The van der Waals surface area contributed by atoms with Gasteiger partial charge in [0.05, 0.1) is 5.56 Å². The van der Waals surface area contributed by atoms with E-state index in [1.54, 1.807) is 0 Å². The van der Waals surface area contributed by atoms with E-state index in [1.165, 1.54) is 5.56 Å². The molecule has 0 saturated heterocycles. The molecule has 0 amide bonds. The van der Waals surface area contributed by atoms with Crippen LogP contribution in [0.3, 0.4) is 0 Å². The van der Waals surface area contributed by atoms with Crippen LogP contribution in [0.15, 0.2) is 42.5 Å². The number of aryl methyl sites for hydroxylation is 2. The van der Waals surface area contributed by atoms with E-state index in [2.05, 4.69) is 19.1 Å². The summed E-state index contributed by atoms with van der Waals surface area (Å²) in [5.74, 6) is 1.49. The summed E-state index contributed by atoms with van der Waals surface area (Å²) in [6.45, 7) is 4.13. The van der Waals surface area contributed by atoms with Crippen molar-refractivity contribution in [2.24, 2.45) is 5.73 Å². The summed E-state index contributed by atoms with van der Waals surface area (Å²) >= 11 is 5.06. The number of hydrogen-bond donors (Lipinski definition) is 1. The van der Waals surface area contributed by atoms with Gasteiger partial charge in [0, 0.05) is 0 Å². The summed E-state index contributed by atoms with van der Waals surface area (Å²) in [4.78, 5) is 0.351. The molecule has 2 rings (SSSR count). The minimum atomic E-state index is 0.351. The first-order chi connectivity index (χ1) is 9.10. The molecule has 0 aromatic heterocycles. The molecule has 2 nitrogen and oxygen atoms in total. The number of hydrogen-bond acceptors (Lipinski definition) is 2. The van der Waals surface area contributed by atoms with Crippen molar-refractivity contribution in [2.75, 3.05) is 0 Å². The van der Waals surface area contributed by atoms with Gasteiger partial charge >= 0.3 is 0 Å². The normalized spacial score (nSPS) is 10.2. The van der Waals surface area contributed by atoms with Crippen molar-refractivity contribution in [1.82, 2.24) is 0 Å². The van der Waals surface area contributed by atoms with Crippen molar-refractivity contribution in [2.45, 2.75) is 20.3 Å². The van der Waals surface area contributed by atoms with E-state index in [4.69, 9.17) is 22.7 Å². The number of rotatable bonds is 4. The number of nitrogens with two attached hydrogens (primary N) is 1. The Morgan fingerprint density at radius 2 is 1.84 bits per heavy atom. The molecule has 0 unspecified atom stereocenters. The SMILES string of the molecule is CCc1ccc(Oc2ccc(C)cc2C(N)=S)cc1. The molecule has 3 heteroatoms. The van der Waals surface area contributed by atoms with Gasteiger partial charge in [-0.15, -0.1) is 0 Å². The summed E-state index contributed by atoms with van der Waals surface area (Å²) in [6, 6.07) is 13.9. The second-order valence-corrected chi connectivity index (χ2v) is 4.90. The van der Waals surface area contributed by atoms with Crippen LogP contribution >= 0.6 is 12.2 Å². The van der Waals surface area contributed by atoms with Crippen LogP contribution in [-0.4, -0.2) is 4.99 Å². The Bertz CT molecular complexity index is 590. The smallest absolute Gasteiger partial charge is 0.137 e. The first-order valence-corrected chi connectivity index (χ1v) is 6.68. The van der Waals surface area contributed by atoms with Crippen molar-refractivity contribution in [3.05, 3.63) is 59.2 Å². The van der Waals surface area contributed by atoms with E-state index < -0.39 is 0 Å². The minimum Gasteiger partial charge on any atom is -0.457 e. The monoisotopic (exact) mass is 271 g/mol. The zero-order valence-corrected chi connectivity index (χ0v) is 12.0. The molecule has 0 heterocycles. The molecule has 0 saturated carbocycles. The maximum absolute atomic E-state index is 5.86. The Morgan fingerprint density at radius 3 is 2.42 bits per heavy atom. The Kier molecular flexibility index (Phi) is 4.17. The van der Waals surface area contributed by atoms with E-state index in [1.807, 2.05) is 37.3 Å². The molecule has 0 aliphatic carbocycles. The zero-order valence-electron chi connectivity index (χ0n) is 11.1. The van der Waals surface area contributed by atoms with Gasteiger partial charge in [0.2, 0.25) is 0 Å². The topological polar surface area (TPSA) is 35.2 Å². The lowest BCUT2D eigenvalue weighted by Gasteiger charge is -2.11. The molecule has 0 aliphatic rings. The summed E-state index contributed by atoms with van der Waals surface area (Å²) in [6.07, 6.45) is 1.02. The lowest BCUT2D eigenvalue weighted by atomic mass is 10.1. The molecule has 0 fully saturated rings. The van der Waals surface area contributed by atoms with Crippen molar-refractivity contribution >= 4 is 17.2 Å². The fraction of sp³-hybridized carbons (Fsp3) is 0.188. The van der Waals surface area contributed by atoms with Gasteiger partial charge in [0.1, 0.15) is 16.5 Å². The van der Waals surface area contributed by atoms with Crippen LogP contribution in [0, 0.1) is 6.92 Å². The average Bonchev–Trinajstić information content (AvgIpc) is 2.41. The van der Waals surface area contributed by atoms with Crippen molar-refractivity contribution in [3.63, 3.8) is 0 Å². The van der Waals surface area contributed by atoms with Gasteiger partial charge in [0.25, 0.3) is 0 Å². The van der Waals surface area contributed by atoms with E-state index in [0.717, 1.165) is 23.3 Å². The molecule has 0 atom stereocenters. The van der Waals surface area contributed by atoms with Crippen molar-refractivity contribution in [3.8, 4) is 11.5 Å². The highest BCUT2D eigenvalue weighted by molar-refractivity contribution is 7.80. The Morgan fingerprint density at radius 1 is 1.16 bits per heavy atom. The number of ether oxygens (including phenoxy) is 1. The highest BCUT2D eigenvalue weighted by Crippen LogP contribution is 2.26. The molecule has 2 aromatic carbocycles. The standard InChI is InChI=1S/C16H17NOS/c1-3-12-5-7-13(8-6-12)18-15-9-4-11(2)10-14(15)16(17)19/h4-10H,3H2,1-2H3,(H2,17,19). The van der Waals surface area contributed by atoms with Gasteiger partial charge < -0.3 is 10.5 Å². The first kappa shape index (κ1) is 13.6. The van der Waals surface area contributed by atoms with Crippen LogP contribution in [0.4, 0.5) is 0 Å². The van der Waals surface area contributed by atoms with Gasteiger partial charge in [-0.1, -0.05) is 42.9 Å². The molecule has 0 aliphatic heterocycles. The number of thiocarbonyl (C=S) groups is 1. The van der Waals surface area contributed by atoms with Gasteiger partial charge in [-0.2, -0.15) is 0 Å². The highest BCUT2D eigenvalue weighted by Gasteiger charge is 2.08. The third kappa shape index (κ3) is 3.32. The molecule has 2 N–H and O–H groups in total. The van der Waals surface area contributed by atoms with Crippen LogP contribution < -0.4 is 10.5 Å². The molecule has 0 spiro atoms. The van der Waals surface area contributed by atoms with Gasteiger partial charge in [-0.3, -0.25) is 0 Å². The third-order valence-electron chi connectivity index (χ3n) is 2.96. The molecule has 2 aromatic rings. The van der Waals surface area contributed by atoms with Crippen LogP contribution in [0.2, 0.25) is 0 Å². The van der Waals surface area contributed by atoms with E-state index >= 15 is 0 Å². The second-order valence-electron chi connectivity index (χ2n) is 4.46. The van der Waals surface area contributed by atoms with Crippen LogP contribution in [-0.2, 0) is 6.42 Å². The molecule has 98 valence electrons. The molecular formula is C16H17NOS. The van der Waals surface area contributed by atoms with Gasteiger partial charge in [-0.05, 0) is 43.2 Å². The Labute approximate surface area is 119 Å². The fourth-order valence-electron chi connectivity index (χ4n) is 1.85. The van der Waals surface area contributed by atoms with Gasteiger partial charge in [0.15, 0.2) is 0 Å². The third-order valence-corrected chi connectivity index (χ3v) is 3.18. The number of benzene rings is 2. The van der Waals surface area contributed by atoms with Crippen LogP contribution in [0.25, 0.3) is 0 Å². The quantitative estimate of drug-likeness (QED) is 0.854. The lowest BCUT2D eigenvalue weighted by Crippen LogP contribution is -2.11. The molecule has 0 radical (unpaired) electrons. The molecular weight excluding hydrogens is 254 g/mol. The molecule has 0 bridgehead atoms. The van der Waals surface area contributed by atoms with Crippen LogP contribution in [0.5, 0.6) is 11.5 Å². The first-order valence-electron chi connectivity index (χ1n) is 6.27. The zero-order chi connectivity index (χ0) is 13.8. The predicted molar refractivity (Wildman–Crippen MR) is 83.0 cm³/mol. The maximum Gasteiger partial charge on any atom is 0.137 e. The van der Waals surface area contributed by atoms with E-state index in [9.17, 15) is 0 Å². The second kappa shape index (κ2) is 5.85. The average molecular weight is 271 g/mol. The van der Waals surface area contributed by atoms with E-state index in [0.29, 0.717) is 10.7 Å². The van der Waals surface area contributed by atoms with Gasteiger partial charge in [-0.25, -0.2) is 0 Å². The Balaban J connectivity index is 2.29. The Hall–Kier alpha value is -1.87. The minimum absolute atomic E-state index is 0.351. The predicted octanol–water partition coefficient (Wildman–Crippen LogP) is 3.98. The van der Waals surface area contributed by atoms with Crippen molar-refractivity contribution in [1.29, 1.82) is 0 Å². The van der Waals surface area contributed by atoms with E-state index in [-0.39, 0.29) is 0 Å².